The van der Waals surface area contributed by atoms with Gasteiger partial charge in [0.05, 0.1) is 25.4 Å². The lowest BCUT2D eigenvalue weighted by atomic mass is 10.2. The minimum absolute atomic E-state index is 0.151. The Bertz CT molecular complexity index is 1310. The van der Waals surface area contributed by atoms with Crippen molar-refractivity contribution in [3.63, 3.8) is 0 Å². The molecule has 1 aromatic carbocycles. The molecule has 3 heterocycles. The number of aryl methyl sites for hydroxylation is 1. The fourth-order valence-electron chi connectivity index (χ4n) is 3.27. The van der Waals surface area contributed by atoms with Gasteiger partial charge in [-0.3, -0.25) is 14.2 Å². The molecule has 0 aliphatic carbocycles. The zero-order chi connectivity index (χ0) is 21.3. The number of hydrogen-bond donors (Lipinski definition) is 1. The molecule has 154 valence electrons. The van der Waals surface area contributed by atoms with E-state index in [1.54, 1.807) is 31.5 Å². The van der Waals surface area contributed by atoms with Crippen molar-refractivity contribution >= 4 is 43.4 Å². The zero-order valence-corrected chi connectivity index (χ0v) is 17.6. The molecule has 1 N–H and O–H groups in total. The van der Waals surface area contributed by atoms with Crippen LogP contribution in [-0.2, 0) is 17.8 Å². The summed E-state index contributed by atoms with van der Waals surface area (Å²) in [7, 11) is 3.07. The van der Waals surface area contributed by atoms with Crippen molar-refractivity contribution < 1.29 is 14.3 Å². The number of benzene rings is 1. The van der Waals surface area contributed by atoms with Crippen LogP contribution in [0.15, 0.2) is 41.3 Å². The third-order valence-corrected chi connectivity index (χ3v) is 5.82. The Morgan fingerprint density at radius 2 is 2.07 bits per heavy atom. The number of nitrogens with one attached hydrogen (secondary N) is 1. The van der Waals surface area contributed by atoms with Crippen LogP contribution in [0.4, 0.5) is 5.69 Å². The van der Waals surface area contributed by atoms with Crippen LogP contribution < -0.4 is 20.3 Å². The van der Waals surface area contributed by atoms with Crippen molar-refractivity contribution in [3.8, 4) is 11.5 Å². The molecule has 0 unspecified atom stereocenters. The molecule has 0 spiro atoms. The Morgan fingerprint density at radius 3 is 2.80 bits per heavy atom. The van der Waals surface area contributed by atoms with Crippen molar-refractivity contribution in [2.45, 2.75) is 19.9 Å². The van der Waals surface area contributed by atoms with Gasteiger partial charge in [0, 0.05) is 24.1 Å². The number of nitrogens with zero attached hydrogens (tertiary/aromatic N) is 3. The van der Waals surface area contributed by atoms with Gasteiger partial charge in [0.15, 0.2) is 0 Å². The number of methoxy groups -OCH3 is 2. The number of anilines is 1. The Labute approximate surface area is 176 Å². The molecule has 30 heavy (non-hydrogen) atoms. The Morgan fingerprint density at radius 1 is 1.23 bits per heavy atom. The Kier molecular flexibility index (Phi) is 5.37. The molecule has 0 saturated heterocycles. The summed E-state index contributed by atoms with van der Waals surface area (Å²) in [4.78, 5) is 35.6. The summed E-state index contributed by atoms with van der Waals surface area (Å²) >= 11 is 1.29. The highest BCUT2D eigenvalue weighted by atomic mass is 32.1. The highest BCUT2D eigenvalue weighted by molar-refractivity contribution is 7.25. The molecule has 0 fully saturated rings. The standard InChI is InChI=1S/C21H20N4O4S/c1-4-16-24-18-13-6-5-9-22-20(13)30-19(18)21(27)25(16)11-17(26)23-14-8-7-12(28-2)10-15(14)29-3/h5-10H,4,11H2,1-3H3,(H,23,26). The third kappa shape index (κ3) is 3.48. The molecule has 4 aromatic rings. The summed E-state index contributed by atoms with van der Waals surface area (Å²) < 4.78 is 12.4. The first-order valence-corrected chi connectivity index (χ1v) is 10.2. The number of carbonyl (C=O) groups is 1. The largest absolute Gasteiger partial charge is 0.497 e. The minimum Gasteiger partial charge on any atom is -0.497 e. The fraction of sp³-hybridized carbons (Fsp3) is 0.238. The quantitative estimate of drug-likeness (QED) is 0.511. The molecule has 9 heteroatoms. The summed E-state index contributed by atoms with van der Waals surface area (Å²) in [6.45, 7) is 1.75. The number of ether oxygens (including phenoxy) is 2. The maximum absolute atomic E-state index is 13.2. The zero-order valence-electron chi connectivity index (χ0n) is 16.8. The number of aromatic nitrogens is 3. The summed E-state index contributed by atoms with van der Waals surface area (Å²) in [5, 5.41) is 3.65. The van der Waals surface area contributed by atoms with Crippen molar-refractivity contribution in [3.05, 3.63) is 52.7 Å². The lowest BCUT2D eigenvalue weighted by molar-refractivity contribution is -0.116. The van der Waals surface area contributed by atoms with E-state index < -0.39 is 0 Å². The smallest absolute Gasteiger partial charge is 0.272 e. The van der Waals surface area contributed by atoms with E-state index in [9.17, 15) is 9.59 Å². The fourth-order valence-corrected chi connectivity index (χ4v) is 4.30. The molecular formula is C21H20N4O4S. The maximum atomic E-state index is 13.2. The third-order valence-electron chi connectivity index (χ3n) is 4.73. The van der Waals surface area contributed by atoms with E-state index in [1.807, 2.05) is 19.1 Å². The van der Waals surface area contributed by atoms with Crippen molar-refractivity contribution in [2.75, 3.05) is 19.5 Å². The number of carbonyl (C=O) groups excluding carboxylic acids is 1. The molecule has 8 nitrogen and oxygen atoms in total. The van der Waals surface area contributed by atoms with E-state index in [0.29, 0.717) is 39.6 Å². The monoisotopic (exact) mass is 424 g/mol. The van der Waals surface area contributed by atoms with Crippen LogP contribution in [0.3, 0.4) is 0 Å². The second-order valence-corrected chi connectivity index (χ2v) is 7.52. The lowest BCUT2D eigenvalue weighted by Gasteiger charge is -2.14. The van der Waals surface area contributed by atoms with Gasteiger partial charge in [0.25, 0.3) is 5.56 Å². The molecule has 0 bridgehead atoms. The van der Waals surface area contributed by atoms with Gasteiger partial charge in [-0.05, 0) is 24.3 Å². The van der Waals surface area contributed by atoms with Crippen molar-refractivity contribution in [1.29, 1.82) is 0 Å². The van der Waals surface area contributed by atoms with Gasteiger partial charge in [0.1, 0.15) is 33.4 Å². The highest BCUT2D eigenvalue weighted by Crippen LogP contribution is 2.30. The average molecular weight is 424 g/mol. The van der Waals surface area contributed by atoms with Gasteiger partial charge in [-0.2, -0.15) is 0 Å². The van der Waals surface area contributed by atoms with Gasteiger partial charge < -0.3 is 14.8 Å². The van der Waals surface area contributed by atoms with Crippen LogP contribution in [-0.4, -0.2) is 34.7 Å². The summed E-state index contributed by atoms with van der Waals surface area (Å²) in [6.07, 6.45) is 2.20. The first-order chi connectivity index (χ1) is 14.5. The predicted molar refractivity (Wildman–Crippen MR) is 117 cm³/mol. The van der Waals surface area contributed by atoms with E-state index >= 15 is 0 Å². The van der Waals surface area contributed by atoms with Gasteiger partial charge in [-0.1, -0.05) is 6.92 Å². The highest BCUT2D eigenvalue weighted by Gasteiger charge is 2.18. The molecule has 0 radical (unpaired) electrons. The number of pyridine rings is 1. The van der Waals surface area contributed by atoms with Crippen LogP contribution in [0.2, 0.25) is 0 Å². The second-order valence-electron chi connectivity index (χ2n) is 6.52. The van der Waals surface area contributed by atoms with Crippen molar-refractivity contribution in [2.24, 2.45) is 0 Å². The summed E-state index contributed by atoms with van der Waals surface area (Å²) in [5.41, 5.74) is 0.893. The number of rotatable bonds is 6. The Balaban J connectivity index is 1.70. The molecule has 0 aliphatic heterocycles. The molecule has 0 saturated carbocycles. The number of thiophene rings is 1. The Hall–Kier alpha value is -3.46. The van der Waals surface area contributed by atoms with Gasteiger partial charge in [0.2, 0.25) is 5.91 Å². The van der Waals surface area contributed by atoms with E-state index in [2.05, 4.69) is 15.3 Å². The maximum Gasteiger partial charge on any atom is 0.272 e. The first-order valence-electron chi connectivity index (χ1n) is 9.34. The molecule has 0 atom stereocenters. The lowest BCUT2D eigenvalue weighted by Crippen LogP contribution is -2.30. The second kappa shape index (κ2) is 8.11. The van der Waals surface area contributed by atoms with Gasteiger partial charge >= 0.3 is 0 Å². The van der Waals surface area contributed by atoms with Crippen LogP contribution in [0.1, 0.15) is 12.7 Å². The molecule has 4 rings (SSSR count). The predicted octanol–water partition coefficient (Wildman–Crippen LogP) is 3.22. The number of fused-ring (bicyclic) bond motifs is 3. The number of hydrogen-bond acceptors (Lipinski definition) is 7. The molecule has 1 amide bonds. The van der Waals surface area contributed by atoms with Gasteiger partial charge in [-0.15, -0.1) is 11.3 Å². The molecular weight excluding hydrogens is 404 g/mol. The van der Waals surface area contributed by atoms with Gasteiger partial charge in [-0.25, -0.2) is 9.97 Å². The summed E-state index contributed by atoms with van der Waals surface area (Å²) in [6, 6.07) is 8.82. The van der Waals surface area contributed by atoms with Crippen LogP contribution in [0.5, 0.6) is 11.5 Å². The minimum atomic E-state index is -0.351. The normalized spacial score (nSPS) is 11.0. The van der Waals surface area contributed by atoms with Crippen LogP contribution >= 0.6 is 11.3 Å². The molecule has 0 aliphatic rings. The topological polar surface area (TPSA) is 95.3 Å². The molecule has 3 aromatic heterocycles. The van der Waals surface area contributed by atoms with E-state index in [4.69, 9.17) is 9.47 Å². The first kappa shape index (κ1) is 19.8. The summed E-state index contributed by atoms with van der Waals surface area (Å²) in [5.74, 6) is 1.28. The van der Waals surface area contributed by atoms with Crippen molar-refractivity contribution in [1.82, 2.24) is 14.5 Å². The number of amides is 1. The average Bonchev–Trinajstić information content (AvgIpc) is 3.14. The van der Waals surface area contributed by atoms with E-state index in [0.717, 1.165) is 10.2 Å². The van der Waals surface area contributed by atoms with E-state index in [1.165, 1.54) is 23.0 Å². The van der Waals surface area contributed by atoms with E-state index in [-0.39, 0.29) is 18.0 Å². The van der Waals surface area contributed by atoms with Crippen LogP contribution in [0, 0.1) is 0 Å². The van der Waals surface area contributed by atoms with Crippen LogP contribution in [0.25, 0.3) is 20.4 Å². The SMILES string of the molecule is CCc1nc2c(sc3ncccc32)c(=O)n1CC(=O)Nc1ccc(OC)cc1OC.